The van der Waals surface area contributed by atoms with Gasteiger partial charge in [0.05, 0.1) is 17.1 Å². The summed E-state index contributed by atoms with van der Waals surface area (Å²) >= 11 is 5.99. The number of imidazole rings is 1. The Morgan fingerprint density at radius 3 is 2.38 bits per heavy atom. The normalized spacial score (nSPS) is 10.7. The zero-order valence-corrected chi connectivity index (χ0v) is 17.0. The minimum Gasteiger partial charge on any atom is -0.487 e. The number of pyridine rings is 1. The van der Waals surface area contributed by atoms with Gasteiger partial charge in [-0.1, -0.05) is 29.8 Å². The predicted molar refractivity (Wildman–Crippen MR) is 117 cm³/mol. The number of ether oxygens (including phenoxy) is 1. The molecule has 2 N–H and O–H groups in total. The summed E-state index contributed by atoms with van der Waals surface area (Å²) in [6, 6.07) is 21.4. The largest absolute Gasteiger partial charge is 0.487 e. The second kappa shape index (κ2) is 8.37. The van der Waals surface area contributed by atoms with E-state index in [9.17, 15) is 0 Å². The van der Waals surface area contributed by atoms with E-state index in [0.717, 1.165) is 50.6 Å². The summed E-state index contributed by atoms with van der Waals surface area (Å²) < 4.78 is 5.86. The minimum atomic E-state index is 0.412. The van der Waals surface area contributed by atoms with Gasteiger partial charge in [-0.3, -0.25) is 0 Å². The number of hydrogen-bond acceptors (Lipinski definition) is 4. The van der Waals surface area contributed by atoms with Gasteiger partial charge >= 0.3 is 0 Å². The highest BCUT2D eigenvalue weighted by molar-refractivity contribution is 6.30. The fourth-order valence-electron chi connectivity index (χ4n) is 3.06. The number of hydrogen-bond donors (Lipinski definition) is 2. The van der Waals surface area contributed by atoms with Gasteiger partial charge in [-0.2, -0.15) is 0 Å². The van der Waals surface area contributed by atoms with Crippen molar-refractivity contribution in [3.63, 3.8) is 0 Å². The second-order valence-corrected chi connectivity index (χ2v) is 7.07. The fourth-order valence-corrected chi connectivity index (χ4v) is 3.19. The van der Waals surface area contributed by atoms with Crippen LogP contribution in [0, 0.1) is 6.92 Å². The van der Waals surface area contributed by atoms with E-state index < -0.39 is 0 Å². The zero-order chi connectivity index (χ0) is 20.2. The SMILES string of the molecule is CNc1cccc(COc2ccc(-c3nc(C)c(-c4ccc(Cl)cc4)[nH]3)cc2)n1. The van der Waals surface area contributed by atoms with Crippen LogP contribution < -0.4 is 10.1 Å². The molecular formula is C23H21ClN4O. The van der Waals surface area contributed by atoms with Crippen molar-refractivity contribution in [1.82, 2.24) is 15.0 Å². The predicted octanol–water partition coefficient (Wildman–Crippen LogP) is 5.72. The molecule has 5 nitrogen and oxygen atoms in total. The van der Waals surface area contributed by atoms with Gasteiger partial charge < -0.3 is 15.0 Å². The molecule has 2 aromatic heterocycles. The van der Waals surface area contributed by atoms with Gasteiger partial charge in [0.25, 0.3) is 0 Å². The number of benzene rings is 2. The number of nitrogens with one attached hydrogen (secondary N) is 2. The fraction of sp³-hybridized carbons (Fsp3) is 0.130. The van der Waals surface area contributed by atoms with E-state index in [0.29, 0.717) is 6.61 Å². The molecule has 4 aromatic rings. The van der Waals surface area contributed by atoms with Crippen molar-refractivity contribution in [2.45, 2.75) is 13.5 Å². The Labute approximate surface area is 174 Å². The van der Waals surface area contributed by atoms with Crippen LogP contribution >= 0.6 is 11.6 Å². The Morgan fingerprint density at radius 1 is 0.931 bits per heavy atom. The van der Waals surface area contributed by atoms with Gasteiger partial charge in [0, 0.05) is 17.6 Å². The van der Waals surface area contributed by atoms with Crippen molar-refractivity contribution in [3.05, 3.63) is 83.1 Å². The van der Waals surface area contributed by atoms with Crippen molar-refractivity contribution in [1.29, 1.82) is 0 Å². The Kier molecular flexibility index (Phi) is 5.49. The molecule has 0 aliphatic rings. The number of anilines is 1. The number of rotatable bonds is 6. The first-order valence-electron chi connectivity index (χ1n) is 9.32. The molecule has 0 spiro atoms. The number of nitrogens with zero attached hydrogens (tertiary/aromatic N) is 2. The monoisotopic (exact) mass is 404 g/mol. The van der Waals surface area contributed by atoms with Crippen LogP contribution in [0.3, 0.4) is 0 Å². The van der Waals surface area contributed by atoms with Gasteiger partial charge in [0.15, 0.2) is 0 Å². The molecule has 0 saturated carbocycles. The number of H-pyrrole nitrogens is 1. The molecule has 6 heteroatoms. The first-order chi connectivity index (χ1) is 14.1. The molecule has 0 saturated heterocycles. The van der Waals surface area contributed by atoms with Crippen LogP contribution in [0.25, 0.3) is 22.6 Å². The van der Waals surface area contributed by atoms with Crippen LogP contribution in [0.5, 0.6) is 5.75 Å². The smallest absolute Gasteiger partial charge is 0.138 e. The maximum absolute atomic E-state index is 5.99. The lowest BCUT2D eigenvalue weighted by molar-refractivity contribution is 0.301. The third-order valence-electron chi connectivity index (χ3n) is 4.59. The molecule has 0 radical (unpaired) electrons. The maximum atomic E-state index is 5.99. The molecule has 29 heavy (non-hydrogen) atoms. The highest BCUT2D eigenvalue weighted by Gasteiger charge is 2.10. The van der Waals surface area contributed by atoms with Crippen molar-refractivity contribution in [3.8, 4) is 28.4 Å². The average Bonchev–Trinajstić information content (AvgIpc) is 3.15. The maximum Gasteiger partial charge on any atom is 0.138 e. The van der Waals surface area contributed by atoms with Crippen LogP contribution in [0.15, 0.2) is 66.7 Å². The van der Waals surface area contributed by atoms with Crippen LogP contribution in [-0.4, -0.2) is 22.0 Å². The number of aromatic amines is 1. The Balaban J connectivity index is 1.48. The quantitative estimate of drug-likeness (QED) is 0.431. The summed E-state index contributed by atoms with van der Waals surface area (Å²) in [5.74, 6) is 2.43. The molecule has 2 aromatic carbocycles. The third kappa shape index (κ3) is 4.41. The third-order valence-corrected chi connectivity index (χ3v) is 4.85. The molecule has 0 amide bonds. The molecule has 0 unspecified atom stereocenters. The van der Waals surface area contributed by atoms with Crippen LogP contribution in [0.4, 0.5) is 5.82 Å². The Bertz CT molecular complexity index is 1100. The molecule has 4 rings (SSSR count). The van der Waals surface area contributed by atoms with E-state index in [1.165, 1.54) is 0 Å². The lowest BCUT2D eigenvalue weighted by Gasteiger charge is -2.07. The van der Waals surface area contributed by atoms with E-state index in [2.05, 4.69) is 20.3 Å². The molecule has 0 fully saturated rings. The van der Waals surface area contributed by atoms with Gasteiger partial charge in [-0.25, -0.2) is 9.97 Å². The summed E-state index contributed by atoms with van der Waals surface area (Å²) in [5, 5.41) is 3.75. The first kappa shape index (κ1) is 19.0. The second-order valence-electron chi connectivity index (χ2n) is 6.63. The Hall–Kier alpha value is -3.31. The Morgan fingerprint density at radius 2 is 1.66 bits per heavy atom. The van der Waals surface area contributed by atoms with E-state index in [1.807, 2.05) is 80.7 Å². The summed E-state index contributed by atoms with van der Waals surface area (Å²) in [7, 11) is 1.85. The van der Waals surface area contributed by atoms with Gasteiger partial charge in [0.1, 0.15) is 24.0 Å². The van der Waals surface area contributed by atoms with Crippen molar-refractivity contribution >= 4 is 17.4 Å². The highest BCUT2D eigenvalue weighted by Crippen LogP contribution is 2.27. The number of aryl methyl sites for hydroxylation is 1. The highest BCUT2D eigenvalue weighted by atomic mass is 35.5. The molecular weight excluding hydrogens is 384 g/mol. The molecule has 0 atom stereocenters. The van der Waals surface area contributed by atoms with E-state index in [1.54, 1.807) is 0 Å². The minimum absolute atomic E-state index is 0.412. The summed E-state index contributed by atoms with van der Waals surface area (Å²) in [6.45, 7) is 2.41. The molecule has 0 bridgehead atoms. The van der Waals surface area contributed by atoms with Crippen LogP contribution in [-0.2, 0) is 6.61 Å². The van der Waals surface area contributed by atoms with Crippen molar-refractivity contribution < 1.29 is 4.74 Å². The average molecular weight is 405 g/mol. The van der Waals surface area contributed by atoms with Gasteiger partial charge in [0.2, 0.25) is 0 Å². The molecule has 0 aliphatic heterocycles. The first-order valence-corrected chi connectivity index (χ1v) is 9.69. The summed E-state index contributed by atoms with van der Waals surface area (Å²) in [5.41, 5.74) is 4.86. The van der Waals surface area contributed by atoms with E-state index in [4.69, 9.17) is 16.3 Å². The van der Waals surface area contributed by atoms with Gasteiger partial charge in [-0.05, 0) is 61.0 Å². The number of halogens is 1. The summed E-state index contributed by atoms with van der Waals surface area (Å²) in [4.78, 5) is 12.5. The zero-order valence-electron chi connectivity index (χ0n) is 16.2. The number of aromatic nitrogens is 3. The summed E-state index contributed by atoms with van der Waals surface area (Å²) in [6.07, 6.45) is 0. The van der Waals surface area contributed by atoms with Crippen LogP contribution in [0.1, 0.15) is 11.4 Å². The van der Waals surface area contributed by atoms with E-state index >= 15 is 0 Å². The molecule has 2 heterocycles. The topological polar surface area (TPSA) is 62.8 Å². The lowest BCUT2D eigenvalue weighted by atomic mass is 10.1. The van der Waals surface area contributed by atoms with Crippen LogP contribution in [0.2, 0.25) is 5.02 Å². The lowest BCUT2D eigenvalue weighted by Crippen LogP contribution is -2.00. The molecule has 146 valence electrons. The molecule has 0 aliphatic carbocycles. The van der Waals surface area contributed by atoms with Crippen molar-refractivity contribution in [2.24, 2.45) is 0 Å². The standard InChI is InChI=1S/C23H21ClN4O/c1-15-22(16-6-10-18(24)11-7-16)28-23(26-15)17-8-12-20(13-9-17)29-14-19-4-3-5-21(25-2)27-19/h3-13H,14H2,1-2H3,(H,25,27)(H,26,28). The van der Waals surface area contributed by atoms with Crippen molar-refractivity contribution in [2.75, 3.05) is 12.4 Å². The van der Waals surface area contributed by atoms with E-state index in [-0.39, 0.29) is 0 Å². The van der Waals surface area contributed by atoms with Gasteiger partial charge in [-0.15, -0.1) is 0 Å².